The summed E-state index contributed by atoms with van der Waals surface area (Å²) >= 11 is 0. The molecule has 0 aliphatic carbocycles. The van der Waals surface area contributed by atoms with E-state index in [1.54, 1.807) is 12.1 Å². The van der Waals surface area contributed by atoms with Crippen molar-refractivity contribution in [1.82, 2.24) is 10.2 Å². The molecule has 1 heterocycles. The molecule has 1 fully saturated rings. The molecule has 0 spiro atoms. The predicted molar refractivity (Wildman–Crippen MR) is 86.2 cm³/mol. The molecule has 6 nitrogen and oxygen atoms in total. The summed E-state index contributed by atoms with van der Waals surface area (Å²) in [5, 5.41) is 14.5. The van der Waals surface area contributed by atoms with Crippen molar-refractivity contribution in [3.05, 3.63) is 33.9 Å². The van der Waals surface area contributed by atoms with Crippen LogP contribution in [0.3, 0.4) is 0 Å². The van der Waals surface area contributed by atoms with Crippen molar-refractivity contribution in [3.63, 3.8) is 0 Å². The van der Waals surface area contributed by atoms with E-state index in [1.807, 2.05) is 6.92 Å². The second kappa shape index (κ2) is 8.10. The Balaban J connectivity index is 1.98. The van der Waals surface area contributed by atoms with Crippen molar-refractivity contribution >= 4 is 5.69 Å². The third-order valence-electron chi connectivity index (χ3n) is 4.17. The minimum atomic E-state index is -0.362. The Hall–Kier alpha value is -1.66. The molecule has 0 saturated carbocycles. The summed E-state index contributed by atoms with van der Waals surface area (Å²) in [6.07, 6.45) is 2.24. The van der Waals surface area contributed by atoms with E-state index in [0.29, 0.717) is 19.2 Å². The van der Waals surface area contributed by atoms with Gasteiger partial charge in [0.25, 0.3) is 5.69 Å². The van der Waals surface area contributed by atoms with Crippen LogP contribution in [0.4, 0.5) is 5.69 Å². The van der Waals surface area contributed by atoms with E-state index in [1.165, 1.54) is 6.07 Å². The lowest BCUT2D eigenvalue weighted by Crippen LogP contribution is -2.42. The molecule has 0 atom stereocenters. The molecule has 6 heteroatoms. The molecular weight excluding hydrogens is 282 g/mol. The fourth-order valence-electron chi connectivity index (χ4n) is 2.82. The molecule has 22 heavy (non-hydrogen) atoms. The van der Waals surface area contributed by atoms with Crippen LogP contribution in [0.2, 0.25) is 0 Å². The van der Waals surface area contributed by atoms with Crippen LogP contribution in [0.1, 0.15) is 32.3 Å². The Bertz CT molecular complexity index is 499. The molecule has 0 amide bonds. The predicted octanol–water partition coefficient (Wildman–Crippen LogP) is 2.57. The molecule has 122 valence electrons. The number of ether oxygens (including phenoxy) is 1. The van der Waals surface area contributed by atoms with Crippen molar-refractivity contribution in [3.8, 4) is 5.75 Å². The first kappa shape index (κ1) is 16.7. The van der Waals surface area contributed by atoms with Gasteiger partial charge in [0.05, 0.1) is 11.5 Å². The second-order valence-electron chi connectivity index (χ2n) is 5.57. The molecule has 2 rings (SSSR count). The van der Waals surface area contributed by atoms with Gasteiger partial charge in [0.15, 0.2) is 0 Å². The SMILES string of the molecule is CCOc1ccc([N+](=O)[O-])cc1CNC1CCN(CC)CC1. The van der Waals surface area contributed by atoms with E-state index in [0.717, 1.165) is 43.8 Å². The Morgan fingerprint density at radius 2 is 2.09 bits per heavy atom. The van der Waals surface area contributed by atoms with Gasteiger partial charge < -0.3 is 15.0 Å². The smallest absolute Gasteiger partial charge is 0.270 e. The minimum Gasteiger partial charge on any atom is -0.494 e. The Morgan fingerprint density at radius 1 is 1.36 bits per heavy atom. The topological polar surface area (TPSA) is 67.6 Å². The van der Waals surface area contributed by atoms with Crippen molar-refractivity contribution in [2.45, 2.75) is 39.3 Å². The number of piperidine rings is 1. The number of rotatable bonds is 7. The average Bonchev–Trinajstić information content (AvgIpc) is 2.54. The van der Waals surface area contributed by atoms with Crippen LogP contribution in [-0.2, 0) is 6.54 Å². The summed E-state index contributed by atoms with van der Waals surface area (Å²) in [5.74, 6) is 0.728. The summed E-state index contributed by atoms with van der Waals surface area (Å²) in [6, 6.07) is 5.27. The first-order valence-electron chi connectivity index (χ1n) is 7.99. The fraction of sp³-hybridized carbons (Fsp3) is 0.625. The Kier molecular flexibility index (Phi) is 6.15. The summed E-state index contributed by atoms with van der Waals surface area (Å²) < 4.78 is 5.58. The van der Waals surface area contributed by atoms with Gasteiger partial charge in [-0.25, -0.2) is 0 Å². The van der Waals surface area contributed by atoms with E-state index in [2.05, 4.69) is 17.1 Å². The van der Waals surface area contributed by atoms with E-state index in [9.17, 15) is 10.1 Å². The van der Waals surface area contributed by atoms with Crippen LogP contribution in [-0.4, -0.2) is 42.1 Å². The number of hydrogen-bond donors (Lipinski definition) is 1. The molecule has 0 aromatic heterocycles. The van der Waals surface area contributed by atoms with E-state index < -0.39 is 0 Å². The number of nitrogens with one attached hydrogen (secondary N) is 1. The molecule has 1 N–H and O–H groups in total. The average molecular weight is 307 g/mol. The maximum absolute atomic E-state index is 10.9. The van der Waals surface area contributed by atoms with Gasteiger partial charge in [0.1, 0.15) is 5.75 Å². The second-order valence-corrected chi connectivity index (χ2v) is 5.57. The van der Waals surface area contributed by atoms with Crippen LogP contribution in [0.5, 0.6) is 5.75 Å². The summed E-state index contributed by atoms with van der Waals surface area (Å²) in [6.45, 7) is 8.59. The highest BCUT2D eigenvalue weighted by Gasteiger charge is 2.18. The maximum atomic E-state index is 10.9. The highest BCUT2D eigenvalue weighted by atomic mass is 16.6. The molecule has 1 aromatic rings. The number of nitro groups is 1. The molecule has 0 radical (unpaired) electrons. The van der Waals surface area contributed by atoms with Crippen molar-refractivity contribution < 1.29 is 9.66 Å². The van der Waals surface area contributed by atoms with Crippen LogP contribution in [0.25, 0.3) is 0 Å². The summed E-state index contributed by atoms with van der Waals surface area (Å²) in [5.41, 5.74) is 0.968. The number of non-ortho nitro benzene ring substituents is 1. The van der Waals surface area contributed by atoms with Crippen molar-refractivity contribution in [2.24, 2.45) is 0 Å². The number of hydrogen-bond acceptors (Lipinski definition) is 5. The van der Waals surface area contributed by atoms with Gasteiger partial charge in [-0.05, 0) is 45.5 Å². The van der Waals surface area contributed by atoms with E-state index >= 15 is 0 Å². The van der Waals surface area contributed by atoms with Crippen LogP contribution < -0.4 is 10.1 Å². The van der Waals surface area contributed by atoms with Gasteiger partial charge in [-0.2, -0.15) is 0 Å². The van der Waals surface area contributed by atoms with Gasteiger partial charge in [-0.3, -0.25) is 10.1 Å². The third kappa shape index (κ3) is 4.42. The largest absolute Gasteiger partial charge is 0.494 e. The van der Waals surface area contributed by atoms with E-state index in [-0.39, 0.29) is 10.6 Å². The zero-order valence-electron chi connectivity index (χ0n) is 13.4. The lowest BCUT2D eigenvalue weighted by Gasteiger charge is -2.31. The van der Waals surface area contributed by atoms with Gasteiger partial charge in [0.2, 0.25) is 0 Å². The van der Waals surface area contributed by atoms with Gasteiger partial charge in [0, 0.05) is 30.3 Å². The minimum absolute atomic E-state index is 0.112. The molecule has 1 aromatic carbocycles. The van der Waals surface area contributed by atoms with Crippen molar-refractivity contribution in [1.29, 1.82) is 0 Å². The quantitative estimate of drug-likeness (QED) is 0.619. The van der Waals surface area contributed by atoms with Gasteiger partial charge in [-0.15, -0.1) is 0 Å². The zero-order valence-corrected chi connectivity index (χ0v) is 13.4. The van der Waals surface area contributed by atoms with Gasteiger partial charge in [-0.1, -0.05) is 6.92 Å². The Labute approximate surface area is 131 Å². The fourth-order valence-corrected chi connectivity index (χ4v) is 2.82. The molecule has 0 bridgehead atoms. The monoisotopic (exact) mass is 307 g/mol. The zero-order chi connectivity index (χ0) is 15.9. The molecule has 1 aliphatic rings. The third-order valence-corrected chi connectivity index (χ3v) is 4.17. The maximum Gasteiger partial charge on any atom is 0.270 e. The molecule has 1 aliphatic heterocycles. The summed E-state index contributed by atoms with van der Waals surface area (Å²) in [7, 11) is 0. The highest BCUT2D eigenvalue weighted by molar-refractivity contribution is 5.43. The number of benzene rings is 1. The number of nitro benzene ring substituents is 1. The summed E-state index contributed by atoms with van der Waals surface area (Å²) in [4.78, 5) is 13.0. The molecular formula is C16H25N3O3. The first-order chi connectivity index (χ1) is 10.6. The lowest BCUT2D eigenvalue weighted by molar-refractivity contribution is -0.384. The van der Waals surface area contributed by atoms with Gasteiger partial charge >= 0.3 is 0 Å². The molecule has 1 saturated heterocycles. The van der Waals surface area contributed by atoms with Crippen LogP contribution in [0.15, 0.2) is 18.2 Å². The van der Waals surface area contributed by atoms with Crippen LogP contribution in [0, 0.1) is 10.1 Å². The van der Waals surface area contributed by atoms with E-state index in [4.69, 9.17) is 4.74 Å². The first-order valence-corrected chi connectivity index (χ1v) is 7.99. The highest BCUT2D eigenvalue weighted by Crippen LogP contribution is 2.24. The number of likely N-dealkylation sites (tertiary alicyclic amines) is 1. The number of nitrogens with zero attached hydrogens (tertiary/aromatic N) is 2. The standard InChI is InChI=1S/C16H25N3O3/c1-3-18-9-7-14(8-10-18)17-12-13-11-15(19(20)21)5-6-16(13)22-4-2/h5-6,11,14,17H,3-4,7-10,12H2,1-2H3. The van der Waals surface area contributed by atoms with Crippen LogP contribution >= 0.6 is 0 Å². The lowest BCUT2D eigenvalue weighted by atomic mass is 10.0. The Morgan fingerprint density at radius 3 is 2.68 bits per heavy atom. The molecule has 0 unspecified atom stereocenters. The van der Waals surface area contributed by atoms with Crippen molar-refractivity contribution in [2.75, 3.05) is 26.2 Å². The normalized spacial score (nSPS) is 16.6.